The molecule has 0 aromatic rings. The standard InChI is InChI=1S/C13H21NO/c1-4-7-14-9-13(15)12-6-5-10(2)11(3)8-12/h1,10-12,14H,5-9H2,2-3H3. The van der Waals surface area contributed by atoms with E-state index in [1.165, 1.54) is 6.42 Å². The van der Waals surface area contributed by atoms with Crippen molar-refractivity contribution < 1.29 is 4.79 Å². The van der Waals surface area contributed by atoms with Gasteiger partial charge in [-0.25, -0.2) is 0 Å². The summed E-state index contributed by atoms with van der Waals surface area (Å²) in [5.74, 6) is 4.53. The molecule has 0 radical (unpaired) electrons. The Morgan fingerprint density at radius 1 is 1.40 bits per heavy atom. The zero-order chi connectivity index (χ0) is 11.3. The summed E-state index contributed by atoms with van der Waals surface area (Å²) in [6.45, 7) is 5.46. The zero-order valence-corrected chi connectivity index (χ0v) is 9.75. The Bertz CT molecular complexity index is 254. The van der Waals surface area contributed by atoms with Crippen molar-refractivity contribution in [2.75, 3.05) is 13.1 Å². The smallest absolute Gasteiger partial charge is 0.149 e. The lowest BCUT2D eigenvalue weighted by Gasteiger charge is -2.31. The molecule has 0 amide bonds. The SMILES string of the molecule is C#CCNCC(=O)C1CCC(C)C(C)C1. The number of nitrogens with one attached hydrogen (secondary N) is 1. The Hall–Kier alpha value is -0.810. The van der Waals surface area contributed by atoms with Crippen LogP contribution in [0.4, 0.5) is 0 Å². The number of terminal acetylenes is 1. The molecule has 1 aliphatic rings. The highest BCUT2D eigenvalue weighted by atomic mass is 16.1. The van der Waals surface area contributed by atoms with Gasteiger partial charge in [-0.1, -0.05) is 19.8 Å². The fourth-order valence-corrected chi connectivity index (χ4v) is 2.24. The van der Waals surface area contributed by atoms with Crippen LogP contribution in [0.5, 0.6) is 0 Å². The van der Waals surface area contributed by atoms with Gasteiger partial charge in [0.25, 0.3) is 0 Å². The first kappa shape index (κ1) is 12.3. The van der Waals surface area contributed by atoms with E-state index in [9.17, 15) is 4.79 Å². The molecular formula is C13H21NO. The van der Waals surface area contributed by atoms with Crippen molar-refractivity contribution in [3.8, 4) is 12.3 Å². The van der Waals surface area contributed by atoms with E-state index in [1.807, 2.05) is 0 Å². The molecule has 0 bridgehead atoms. The molecule has 3 unspecified atom stereocenters. The average molecular weight is 207 g/mol. The Kier molecular flexibility index (Phi) is 4.84. The van der Waals surface area contributed by atoms with Gasteiger partial charge in [0.1, 0.15) is 5.78 Å². The van der Waals surface area contributed by atoms with Crippen LogP contribution in [0.25, 0.3) is 0 Å². The Morgan fingerprint density at radius 3 is 2.73 bits per heavy atom. The first-order valence-electron chi connectivity index (χ1n) is 5.82. The van der Waals surface area contributed by atoms with E-state index in [4.69, 9.17) is 6.42 Å². The predicted octanol–water partition coefficient (Wildman–Crippen LogP) is 1.85. The monoisotopic (exact) mass is 207 g/mol. The maximum Gasteiger partial charge on any atom is 0.149 e. The molecule has 3 atom stereocenters. The van der Waals surface area contributed by atoms with Gasteiger partial charge in [-0.05, 0) is 31.1 Å². The van der Waals surface area contributed by atoms with E-state index < -0.39 is 0 Å². The molecule has 0 heterocycles. The van der Waals surface area contributed by atoms with E-state index in [0.29, 0.717) is 24.8 Å². The van der Waals surface area contributed by atoms with Gasteiger partial charge in [0.2, 0.25) is 0 Å². The van der Waals surface area contributed by atoms with Crippen LogP contribution < -0.4 is 5.32 Å². The summed E-state index contributed by atoms with van der Waals surface area (Å²) in [5, 5.41) is 2.97. The molecule has 0 saturated heterocycles. The summed E-state index contributed by atoms with van der Waals surface area (Å²) in [6.07, 6.45) is 8.41. The molecule has 1 fully saturated rings. The van der Waals surface area contributed by atoms with E-state index in [1.54, 1.807) is 0 Å². The molecule has 2 nitrogen and oxygen atoms in total. The van der Waals surface area contributed by atoms with Gasteiger partial charge in [-0.2, -0.15) is 0 Å². The Labute approximate surface area is 92.8 Å². The van der Waals surface area contributed by atoms with Gasteiger partial charge in [0.05, 0.1) is 13.1 Å². The third-order valence-electron chi connectivity index (χ3n) is 3.58. The summed E-state index contributed by atoms with van der Waals surface area (Å²) in [4.78, 5) is 11.8. The second kappa shape index (κ2) is 5.92. The number of ketones is 1. The maximum absolute atomic E-state index is 11.8. The molecule has 15 heavy (non-hydrogen) atoms. The zero-order valence-electron chi connectivity index (χ0n) is 9.75. The minimum atomic E-state index is 0.265. The molecule has 1 N–H and O–H groups in total. The first-order valence-corrected chi connectivity index (χ1v) is 5.82. The summed E-state index contributed by atoms with van der Waals surface area (Å²) in [5.41, 5.74) is 0. The van der Waals surface area contributed by atoms with Crippen molar-refractivity contribution >= 4 is 5.78 Å². The number of hydrogen-bond donors (Lipinski definition) is 1. The third kappa shape index (κ3) is 3.68. The lowest BCUT2D eigenvalue weighted by molar-refractivity contribution is -0.123. The molecule has 84 valence electrons. The third-order valence-corrected chi connectivity index (χ3v) is 3.58. The molecule has 0 aromatic carbocycles. The van der Waals surface area contributed by atoms with Gasteiger partial charge >= 0.3 is 0 Å². The molecule has 1 rings (SSSR count). The molecule has 1 saturated carbocycles. The van der Waals surface area contributed by atoms with Crippen LogP contribution in [0.15, 0.2) is 0 Å². The summed E-state index contributed by atoms with van der Waals surface area (Å²) in [7, 11) is 0. The molecule has 0 spiro atoms. The van der Waals surface area contributed by atoms with Gasteiger partial charge in [-0.15, -0.1) is 6.42 Å². The molecule has 0 aromatic heterocycles. The van der Waals surface area contributed by atoms with Crippen molar-refractivity contribution in [1.29, 1.82) is 0 Å². The molecular weight excluding hydrogens is 186 g/mol. The van der Waals surface area contributed by atoms with Gasteiger partial charge in [-0.3, -0.25) is 10.1 Å². The van der Waals surface area contributed by atoms with Gasteiger partial charge in [0.15, 0.2) is 0 Å². The summed E-state index contributed by atoms with van der Waals surface area (Å²) < 4.78 is 0. The highest BCUT2D eigenvalue weighted by Crippen LogP contribution is 2.33. The number of rotatable bonds is 4. The van der Waals surface area contributed by atoms with E-state index in [2.05, 4.69) is 25.1 Å². The van der Waals surface area contributed by atoms with Crippen LogP contribution in [0.1, 0.15) is 33.1 Å². The van der Waals surface area contributed by atoms with Crippen LogP contribution in [-0.4, -0.2) is 18.9 Å². The van der Waals surface area contributed by atoms with Crippen LogP contribution in [-0.2, 0) is 4.79 Å². The molecule has 0 aliphatic heterocycles. The van der Waals surface area contributed by atoms with Crippen LogP contribution in [0.2, 0.25) is 0 Å². The largest absolute Gasteiger partial charge is 0.299 e. The van der Waals surface area contributed by atoms with E-state index >= 15 is 0 Å². The van der Waals surface area contributed by atoms with Crippen LogP contribution in [0, 0.1) is 30.1 Å². The number of hydrogen-bond acceptors (Lipinski definition) is 2. The maximum atomic E-state index is 11.8. The fraction of sp³-hybridized carbons (Fsp3) is 0.769. The molecule has 2 heteroatoms. The van der Waals surface area contributed by atoms with Crippen molar-refractivity contribution in [3.63, 3.8) is 0 Å². The average Bonchev–Trinajstić information content (AvgIpc) is 2.22. The fourth-order valence-electron chi connectivity index (χ4n) is 2.24. The van der Waals surface area contributed by atoms with Gasteiger partial charge < -0.3 is 0 Å². The normalized spacial score (nSPS) is 30.9. The summed E-state index contributed by atoms with van der Waals surface area (Å²) >= 11 is 0. The predicted molar refractivity (Wildman–Crippen MR) is 62.4 cm³/mol. The highest BCUT2D eigenvalue weighted by Gasteiger charge is 2.28. The number of Topliss-reactive ketones (excluding diaryl/α,β-unsaturated/α-hetero) is 1. The number of carbonyl (C=O) groups excluding carboxylic acids is 1. The Morgan fingerprint density at radius 2 is 2.13 bits per heavy atom. The lowest BCUT2D eigenvalue weighted by Crippen LogP contribution is -2.33. The van der Waals surface area contributed by atoms with Crippen molar-refractivity contribution in [1.82, 2.24) is 5.32 Å². The van der Waals surface area contributed by atoms with Crippen molar-refractivity contribution in [2.24, 2.45) is 17.8 Å². The second-order valence-electron chi connectivity index (χ2n) is 4.74. The summed E-state index contributed by atoms with van der Waals surface area (Å²) in [6, 6.07) is 0. The number of carbonyl (C=O) groups is 1. The van der Waals surface area contributed by atoms with E-state index in [-0.39, 0.29) is 5.92 Å². The highest BCUT2D eigenvalue weighted by molar-refractivity contribution is 5.83. The van der Waals surface area contributed by atoms with Crippen molar-refractivity contribution in [3.05, 3.63) is 0 Å². The van der Waals surface area contributed by atoms with E-state index in [0.717, 1.165) is 18.8 Å². The quantitative estimate of drug-likeness (QED) is 0.563. The van der Waals surface area contributed by atoms with Crippen LogP contribution in [0.3, 0.4) is 0 Å². The Balaban J connectivity index is 2.31. The van der Waals surface area contributed by atoms with Crippen LogP contribution >= 0.6 is 0 Å². The lowest BCUT2D eigenvalue weighted by atomic mass is 9.74. The second-order valence-corrected chi connectivity index (χ2v) is 4.74. The van der Waals surface area contributed by atoms with Gasteiger partial charge in [0, 0.05) is 5.92 Å². The first-order chi connectivity index (χ1) is 7.15. The molecule has 1 aliphatic carbocycles. The van der Waals surface area contributed by atoms with Crippen molar-refractivity contribution in [2.45, 2.75) is 33.1 Å². The minimum absolute atomic E-state index is 0.265. The minimum Gasteiger partial charge on any atom is -0.299 e. The topological polar surface area (TPSA) is 29.1 Å².